The van der Waals surface area contributed by atoms with Crippen LogP contribution in [0.25, 0.3) is 22.6 Å². The molecular formula is C17H14F6N4S. The fourth-order valence-corrected chi connectivity index (χ4v) is 3.46. The topological polar surface area (TPSA) is 43.6 Å². The number of fused-ring (bicyclic) bond motifs is 1. The van der Waals surface area contributed by atoms with Gasteiger partial charge in [0.25, 0.3) is 0 Å². The van der Waals surface area contributed by atoms with Gasteiger partial charge in [0.15, 0.2) is 5.82 Å². The third kappa shape index (κ3) is 3.94. The largest absolute Gasteiger partial charge is 0.433 e. The summed E-state index contributed by atoms with van der Waals surface area (Å²) < 4.78 is 79.3. The van der Waals surface area contributed by atoms with Gasteiger partial charge in [-0.2, -0.15) is 26.3 Å². The SMILES string of the molecule is CCCSc1cc(C(F)(F)F)cnc1-c1nc2cc(C(F)(F)F)ncc2n1C. The summed E-state index contributed by atoms with van der Waals surface area (Å²) in [5, 5.41) is 0. The van der Waals surface area contributed by atoms with Crippen LogP contribution in [0, 0.1) is 0 Å². The van der Waals surface area contributed by atoms with E-state index in [0.717, 1.165) is 24.8 Å². The molecule has 4 nitrogen and oxygen atoms in total. The number of hydrogen-bond donors (Lipinski definition) is 0. The number of alkyl halides is 6. The summed E-state index contributed by atoms with van der Waals surface area (Å²) in [6, 6.07) is 1.79. The molecule has 150 valence electrons. The highest BCUT2D eigenvalue weighted by Gasteiger charge is 2.34. The lowest BCUT2D eigenvalue weighted by Crippen LogP contribution is -2.07. The molecule has 0 fully saturated rings. The number of rotatable bonds is 4. The lowest BCUT2D eigenvalue weighted by molar-refractivity contribution is -0.141. The Balaban J connectivity index is 2.16. The molecule has 0 aliphatic heterocycles. The van der Waals surface area contributed by atoms with Gasteiger partial charge in [-0.05, 0) is 24.3 Å². The van der Waals surface area contributed by atoms with Gasteiger partial charge >= 0.3 is 12.4 Å². The third-order valence-electron chi connectivity index (χ3n) is 3.91. The first-order chi connectivity index (χ1) is 13.0. The van der Waals surface area contributed by atoms with Crippen LogP contribution in [0.1, 0.15) is 24.6 Å². The maximum absolute atomic E-state index is 13.0. The van der Waals surface area contributed by atoms with Gasteiger partial charge in [0, 0.05) is 18.1 Å². The summed E-state index contributed by atoms with van der Waals surface area (Å²) in [5.74, 6) is 0.725. The molecule has 0 saturated heterocycles. The predicted molar refractivity (Wildman–Crippen MR) is 92.8 cm³/mol. The lowest BCUT2D eigenvalue weighted by Gasteiger charge is -2.12. The Bertz CT molecular complexity index is 1010. The van der Waals surface area contributed by atoms with Gasteiger partial charge in [-0.3, -0.25) is 4.98 Å². The van der Waals surface area contributed by atoms with Crippen LogP contribution in [0.2, 0.25) is 0 Å². The van der Waals surface area contributed by atoms with Crippen LogP contribution in [0.4, 0.5) is 26.3 Å². The van der Waals surface area contributed by atoms with E-state index in [1.165, 1.54) is 16.3 Å². The van der Waals surface area contributed by atoms with Crippen molar-refractivity contribution in [3.63, 3.8) is 0 Å². The van der Waals surface area contributed by atoms with E-state index >= 15 is 0 Å². The summed E-state index contributed by atoms with van der Waals surface area (Å²) in [6.07, 6.45) is -6.71. The fourth-order valence-electron chi connectivity index (χ4n) is 2.55. The van der Waals surface area contributed by atoms with E-state index in [2.05, 4.69) is 15.0 Å². The molecule has 11 heteroatoms. The smallest absolute Gasteiger partial charge is 0.325 e. The molecule has 0 amide bonds. The third-order valence-corrected chi connectivity index (χ3v) is 5.15. The molecule has 3 rings (SSSR count). The highest BCUT2D eigenvalue weighted by Crippen LogP contribution is 2.37. The molecule has 0 aliphatic rings. The molecule has 0 N–H and O–H groups in total. The van der Waals surface area contributed by atoms with Crippen LogP contribution in [-0.4, -0.2) is 25.3 Å². The number of hydrogen-bond acceptors (Lipinski definition) is 4. The quantitative estimate of drug-likeness (QED) is 0.409. The second-order valence-corrected chi connectivity index (χ2v) is 7.10. The molecule has 0 radical (unpaired) electrons. The van der Waals surface area contributed by atoms with Crippen LogP contribution in [-0.2, 0) is 19.4 Å². The van der Waals surface area contributed by atoms with Crippen molar-refractivity contribution in [2.75, 3.05) is 5.75 Å². The Morgan fingerprint density at radius 2 is 1.71 bits per heavy atom. The summed E-state index contributed by atoms with van der Waals surface area (Å²) in [7, 11) is 1.55. The monoisotopic (exact) mass is 420 g/mol. The van der Waals surface area contributed by atoms with Crippen molar-refractivity contribution >= 4 is 22.8 Å². The summed E-state index contributed by atoms with van der Waals surface area (Å²) in [6.45, 7) is 1.88. The van der Waals surface area contributed by atoms with Gasteiger partial charge in [-0.1, -0.05) is 6.92 Å². The average molecular weight is 420 g/mol. The number of aromatic nitrogens is 4. The van der Waals surface area contributed by atoms with E-state index in [-0.39, 0.29) is 21.9 Å². The van der Waals surface area contributed by atoms with Gasteiger partial charge in [0.2, 0.25) is 0 Å². The van der Waals surface area contributed by atoms with Crippen molar-refractivity contribution < 1.29 is 26.3 Å². The standard InChI is InChI=1S/C17H14F6N4S/c1-3-4-28-12-5-9(16(18,19)20)7-25-14(12)15-26-10-6-13(17(21,22)23)24-8-11(10)27(15)2/h5-8H,3-4H2,1-2H3. The molecule has 0 saturated carbocycles. The first kappa shape index (κ1) is 20.4. The Morgan fingerprint density at radius 1 is 1.00 bits per heavy atom. The van der Waals surface area contributed by atoms with Crippen LogP contribution >= 0.6 is 11.8 Å². The number of aryl methyl sites for hydroxylation is 1. The molecule has 3 aromatic heterocycles. The maximum atomic E-state index is 13.0. The Morgan fingerprint density at radius 3 is 2.32 bits per heavy atom. The minimum absolute atomic E-state index is 0.0352. The maximum Gasteiger partial charge on any atom is 0.433 e. The molecule has 28 heavy (non-hydrogen) atoms. The molecule has 0 aliphatic carbocycles. The van der Waals surface area contributed by atoms with Crippen molar-refractivity contribution in [2.45, 2.75) is 30.6 Å². The summed E-state index contributed by atoms with van der Waals surface area (Å²) in [5.41, 5.74) is -1.46. The van der Waals surface area contributed by atoms with Crippen molar-refractivity contribution in [1.29, 1.82) is 0 Å². The van der Waals surface area contributed by atoms with Crippen LogP contribution in [0.15, 0.2) is 29.4 Å². The molecule has 0 spiro atoms. The van der Waals surface area contributed by atoms with Crippen molar-refractivity contribution in [3.05, 3.63) is 35.8 Å². The number of nitrogens with zero attached hydrogens (tertiary/aromatic N) is 4. The number of halogens is 6. The second-order valence-electron chi connectivity index (χ2n) is 5.97. The van der Waals surface area contributed by atoms with Crippen LogP contribution in [0.5, 0.6) is 0 Å². The molecule has 0 bridgehead atoms. The Kier molecular flexibility index (Phi) is 5.30. The molecular weight excluding hydrogens is 406 g/mol. The second kappa shape index (κ2) is 7.26. The van der Waals surface area contributed by atoms with Gasteiger partial charge in [0.1, 0.15) is 11.4 Å². The van der Waals surface area contributed by atoms with Gasteiger partial charge in [-0.25, -0.2) is 9.97 Å². The minimum Gasteiger partial charge on any atom is -0.325 e. The molecule has 3 heterocycles. The predicted octanol–water partition coefficient (Wildman–Crippen LogP) is 5.57. The molecule has 0 atom stereocenters. The summed E-state index contributed by atoms with van der Waals surface area (Å²) >= 11 is 1.19. The first-order valence-corrected chi connectivity index (χ1v) is 9.11. The number of thioether (sulfide) groups is 1. The zero-order valence-electron chi connectivity index (χ0n) is 14.7. The van der Waals surface area contributed by atoms with Gasteiger partial charge < -0.3 is 4.57 Å². The van der Waals surface area contributed by atoms with Crippen molar-refractivity contribution in [3.8, 4) is 11.5 Å². The Hall–Kier alpha value is -2.30. The normalized spacial score (nSPS) is 12.7. The number of imidazole rings is 1. The average Bonchev–Trinajstić information content (AvgIpc) is 2.94. The van der Waals surface area contributed by atoms with Crippen LogP contribution in [0.3, 0.4) is 0 Å². The van der Waals surface area contributed by atoms with E-state index in [1.54, 1.807) is 7.05 Å². The highest BCUT2D eigenvalue weighted by atomic mass is 32.2. The summed E-state index contributed by atoms with van der Waals surface area (Å²) in [4.78, 5) is 11.8. The van der Waals surface area contributed by atoms with Crippen molar-refractivity contribution in [2.24, 2.45) is 7.05 Å². The molecule has 0 unspecified atom stereocenters. The van der Waals surface area contributed by atoms with Crippen LogP contribution < -0.4 is 0 Å². The minimum atomic E-state index is -4.62. The van der Waals surface area contributed by atoms with Crippen molar-refractivity contribution in [1.82, 2.24) is 19.5 Å². The van der Waals surface area contributed by atoms with E-state index in [4.69, 9.17) is 0 Å². The van der Waals surface area contributed by atoms with E-state index in [9.17, 15) is 26.3 Å². The zero-order valence-corrected chi connectivity index (χ0v) is 15.5. The molecule has 3 aromatic rings. The number of pyridine rings is 2. The van der Waals surface area contributed by atoms with Gasteiger partial charge in [-0.15, -0.1) is 11.8 Å². The highest BCUT2D eigenvalue weighted by molar-refractivity contribution is 7.99. The first-order valence-electron chi connectivity index (χ1n) is 8.12. The van der Waals surface area contributed by atoms with E-state index in [0.29, 0.717) is 17.5 Å². The van der Waals surface area contributed by atoms with E-state index < -0.39 is 23.6 Å². The van der Waals surface area contributed by atoms with Gasteiger partial charge in [0.05, 0.1) is 22.8 Å². The fraction of sp³-hybridized carbons (Fsp3) is 0.353. The van der Waals surface area contributed by atoms with E-state index in [1.807, 2.05) is 6.92 Å². The molecule has 0 aromatic carbocycles. The lowest BCUT2D eigenvalue weighted by atomic mass is 10.2. The zero-order chi connectivity index (χ0) is 20.7. The Labute approximate surface area is 160 Å².